The predicted octanol–water partition coefficient (Wildman–Crippen LogP) is -0.538. The standard InChI is InChI=1S/C10H14ClNO.ClH/c1-3-12-7-8-6-9(11)4-5-10(8)13-2;/h4-6,12H,3,7H2,1-2H3;1H/p-1. The van der Waals surface area contributed by atoms with Crippen LogP contribution in [0.1, 0.15) is 12.5 Å². The van der Waals surface area contributed by atoms with Crippen LogP contribution in [0.2, 0.25) is 5.02 Å². The molecule has 4 heteroatoms. The van der Waals surface area contributed by atoms with E-state index in [2.05, 4.69) is 12.2 Å². The summed E-state index contributed by atoms with van der Waals surface area (Å²) in [5, 5.41) is 3.97. The van der Waals surface area contributed by atoms with E-state index in [-0.39, 0.29) is 12.4 Å². The summed E-state index contributed by atoms with van der Waals surface area (Å²) in [6, 6.07) is 5.63. The Bertz CT molecular complexity index is 279. The summed E-state index contributed by atoms with van der Waals surface area (Å²) in [5.41, 5.74) is 1.09. The number of methoxy groups -OCH3 is 1. The number of hydrogen-bond acceptors (Lipinski definition) is 2. The summed E-state index contributed by atoms with van der Waals surface area (Å²) < 4.78 is 5.20. The van der Waals surface area contributed by atoms with E-state index >= 15 is 0 Å². The van der Waals surface area contributed by atoms with Crippen molar-refractivity contribution >= 4 is 11.6 Å². The van der Waals surface area contributed by atoms with Gasteiger partial charge in [-0.1, -0.05) is 18.5 Å². The molecule has 0 unspecified atom stereocenters. The molecule has 1 rings (SSSR count). The van der Waals surface area contributed by atoms with E-state index in [4.69, 9.17) is 16.3 Å². The van der Waals surface area contributed by atoms with Crippen LogP contribution in [0, 0.1) is 0 Å². The highest BCUT2D eigenvalue weighted by molar-refractivity contribution is 6.30. The molecule has 1 N–H and O–H groups in total. The summed E-state index contributed by atoms with van der Waals surface area (Å²) in [7, 11) is 1.67. The molecule has 14 heavy (non-hydrogen) atoms. The molecule has 0 saturated heterocycles. The normalized spacial score (nSPS) is 9.36. The van der Waals surface area contributed by atoms with E-state index in [0.29, 0.717) is 0 Å². The highest BCUT2D eigenvalue weighted by Gasteiger charge is 2.02. The van der Waals surface area contributed by atoms with Crippen molar-refractivity contribution in [3.8, 4) is 5.75 Å². The molecule has 1 aromatic rings. The third-order valence-corrected chi connectivity index (χ3v) is 2.04. The van der Waals surface area contributed by atoms with E-state index in [1.54, 1.807) is 7.11 Å². The molecule has 0 heterocycles. The van der Waals surface area contributed by atoms with Gasteiger partial charge in [0, 0.05) is 17.1 Å². The lowest BCUT2D eigenvalue weighted by Gasteiger charge is -2.08. The minimum absolute atomic E-state index is 0. The molecule has 0 aliphatic heterocycles. The van der Waals surface area contributed by atoms with E-state index in [9.17, 15) is 0 Å². The molecule has 2 nitrogen and oxygen atoms in total. The topological polar surface area (TPSA) is 21.3 Å². The third-order valence-electron chi connectivity index (χ3n) is 1.81. The average Bonchev–Trinajstić information content (AvgIpc) is 2.15. The molecule has 80 valence electrons. The fourth-order valence-electron chi connectivity index (χ4n) is 1.14. The maximum absolute atomic E-state index is 5.87. The third kappa shape index (κ3) is 3.74. The molecular formula is C10H14Cl2NO-. The maximum Gasteiger partial charge on any atom is 0.123 e. The molecule has 0 aliphatic rings. The van der Waals surface area contributed by atoms with Crippen LogP contribution in [0.3, 0.4) is 0 Å². The van der Waals surface area contributed by atoms with Crippen LogP contribution < -0.4 is 22.5 Å². The Morgan fingerprint density at radius 3 is 2.71 bits per heavy atom. The predicted molar refractivity (Wildman–Crippen MR) is 55.4 cm³/mol. The molecule has 0 bridgehead atoms. The van der Waals surface area contributed by atoms with Gasteiger partial charge in [-0.25, -0.2) is 0 Å². The number of rotatable bonds is 4. The first-order chi connectivity index (χ1) is 6.27. The summed E-state index contributed by atoms with van der Waals surface area (Å²) >= 11 is 5.87. The Hall–Kier alpha value is -0.440. The molecular weight excluding hydrogens is 221 g/mol. The summed E-state index contributed by atoms with van der Waals surface area (Å²) in [6.45, 7) is 3.80. The monoisotopic (exact) mass is 234 g/mol. The molecule has 0 spiro atoms. The highest BCUT2D eigenvalue weighted by atomic mass is 35.5. The van der Waals surface area contributed by atoms with Crippen molar-refractivity contribution in [3.63, 3.8) is 0 Å². The lowest BCUT2D eigenvalue weighted by Crippen LogP contribution is -3.00. The largest absolute Gasteiger partial charge is 1.00 e. The number of nitrogens with one attached hydrogen (secondary N) is 1. The Balaban J connectivity index is 0.00000169. The molecule has 0 aliphatic carbocycles. The van der Waals surface area contributed by atoms with Crippen molar-refractivity contribution in [3.05, 3.63) is 28.8 Å². The summed E-state index contributed by atoms with van der Waals surface area (Å²) in [6.07, 6.45) is 0. The van der Waals surface area contributed by atoms with Gasteiger partial charge in [0.05, 0.1) is 7.11 Å². The number of ether oxygens (including phenoxy) is 1. The molecule has 0 amide bonds. The molecule has 0 radical (unpaired) electrons. The van der Waals surface area contributed by atoms with Gasteiger partial charge < -0.3 is 22.5 Å². The molecule has 0 fully saturated rings. The second-order valence-corrected chi connectivity index (χ2v) is 3.17. The quantitative estimate of drug-likeness (QED) is 0.757. The van der Waals surface area contributed by atoms with Crippen LogP contribution in [0.25, 0.3) is 0 Å². The van der Waals surface area contributed by atoms with Crippen molar-refractivity contribution in [1.82, 2.24) is 5.32 Å². The van der Waals surface area contributed by atoms with Crippen molar-refractivity contribution in [1.29, 1.82) is 0 Å². The van der Waals surface area contributed by atoms with Gasteiger partial charge in [-0.3, -0.25) is 0 Å². The van der Waals surface area contributed by atoms with Gasteiger partial charge in [0.1, 0.15) is 5.75 Å². The van der Waals surface area contributed by atoms with Gasteiger partial charge in [0.2, 0.25) is 0 Å². The van der Waals surface area contributed by atoms with Crippen molar-refractivity contribution in [2.24, 2.45) is 0 Å². The second-order valence-electron chi connectivity index (χ2n) is 2.74. The zero-order chi connectivity index (χ0) is 9.68. The van der Waals surface area contributed by atoms with E-state index in [0.717, 1.165) is 29.4 Å². The second kappa shape index (κ2) is 6.93. The van der Waals surface area contributed by atoms with Gasteiger partial charge in [-0.15, -0.1) is 0 Å². The van der Waals surface area contributed by atoms with Crippen LogP contribution in [-0.4, -0.2) is 13.7 Å². The first-order valence-corrected chi connectivity index (χ1v) is 4.69. The molecule has 0 aromatic heterocycles. The maximum atomic E-state index is 5.87. The Morgan fingerprint density at radius 2 is 2.14 bits per heavy atom. The number of benzene rings is 1. The van der Waals surface area contributed by atoms with Crippen LogP contribution in [0.4, 0.5) is 0 Å². The van der Waals surface area contributed by atoms with Crippen LogP contribution >= 0.6 is 11.6 Å². The fourth-order valence-corrected chi connectivity index (χ4v) is 1.34. The Kier molecular flexibility index (Phi) is 6.71. The summed E-state index contributed by atoms with van der Waals surface area (Å²) in [4.78, 5) is 0. The molecule has 0 atom stereocenters. The van der Waals surface area contributed by atoms with Gasteiger partial charge in [-0.2, -0.15) is 0 Å². The summed E-state index contributed by atoms with van der Waals surface area (Å²) in [5.74, 6) is 0.880. The SMILES string of the molecule is CCNCc1cc(Cl)ccc1OC.[Cl-]. The van der Waals surface area contributed by atoms with Crippen molar-refractivity contribution in [2.45, 2.75) is 13.5 Å². The van der Waals surface area contributed by atoms with Gasteiger partial charge in [0.15, 0.2) is 0 Å². The van der Waals surface area contributed by atoms with Crippen molar-refractivity contribution < 1.29 is 17.1 Å². The minimum atomic E-state index is 0. The van der Waals surface area contributed by atoms with Gasteiger partial charge in [-0.05, 0) is 24.7 Å². The first kappa shape index (κ1) is 13.6. The van der Waals surface area contributed by atoms with Crippen LogP contribution in [0.5, 0.6) is 5.75 Å². The van der Waals surface area contributed by atoms with Gasteiger partial charge in [0.25, 0.3) is 0 Å². The Morgan fingerprint density at radius 1 is 1.43 bits per heavy atom. The average molecular weight is 235 g/mol. The van der Waals surface area contributed by atoms with Gasteiger partial charge >= 0.3 is 0 Å². The van der Waals surface area contributed by atoms with Crippen LogP contribution in [0.15, 0.2) is 18.2 Å². The fraction of sp³-hybridized carbons (Fsp3) is 0.400. The lowest BCUT2D eigenvalue weighted by atomic mass is 10.2. The smallest absolute Gasteiger partial charge is 0.123 e. The van der Waals surface area contributed by atoms with Crippen molar-refractivity contribution in [2.75, 3.05) is 13.7 Å². The van der Waals surface area contributed by atoms with E-state index in [1.807, 2.05) is 18.2 Å². The highest BCUT2D eigenvalue weighted by Crippen LogP contribution is 2.22. The number of halogens is 2. The van der Waals surface area contributed by atoms with E-state index < -0.39 is 0 Å². The molecule has 1 aromatic carbocycles. The van der Waals surface area contributed by atoms with Crippen LogP contribution in [-0.2, 0) is 6.54 Å². The van der Waals surface area contributed by atoms with E-state index in [1.165, 1.54) is 0 Å². The molecule has 0 saturated carbocycles. The first-order valence-electron chi connectivity index (χ1n) is 4.31. The zero-order valence-electron chi connectivity index (χ0n) is 8.31. The Labute approximate surface area is 96.0 Å². The number of hydrogen-bond donors (Lipinski definition) is 1. The minimum Gasteiger partial charge on any atom is -1.00 e. The zero-order valence-corrected chi connectivity index (χ0v) is 9.82. The lowest BCUT2D eigenvalue weighted by molar-refractivity contribution is -0.00000298.